The van der Waals surface area contributed by atoms with Crippen molar-refractivity contribution in [2.24, 2.45) is 0 Å². The topological polar surface area (TPSA) is 49.2 Å². The van der Waals surface area contributed by atoms with Gasteiger partial charge in [0, 0.05) is 28.4 Å². The Labute approximate surface area is 144 Å². The highest BCUT2D eigenvalue weighted by molar-refractivity contribution is 7.08. The van der Waals surface area contributed by atoms with Crippen molar-refractivity contribution in [3.05, 3.63) is 41.1 Å². The van der Waals surface area contributed by atoms with E-state index in [9.17, 15) is 5.11 Å². The van der Waals surface area contributed by atoms with Crippen LogP contribution < -0.4 is 4.90 Å². The number of aromatic nitrogens is 2. The van der Waals surface area contributed by atoms with Crippen LogP contribution >= 0.6 is 11.3 Å². The fourth-order valence-corrected chi connectivity index (χ4v) is 4.91. The molecule has 2 atom stereocenters. The Hall–Kier alpha value is -1.98. The molecular weight excluding hydrogens is 318 g/mol. The summed E-state index contributed by atoms with van der Waals surface area (Å²) in [7, 11) is 0. The minimum Gasteiger partial charge on any atom is -0.393 e. The van der Waals surface area contributed by atoms with E-state index in [0.29, 0.717) is 12.1 Å². The molecule has 4 heterocycles. The summed E-state index contributed by atoms with van der Waals surface area (Å²) in [6.45, 7) is 0. The number of thiophene rings is 1. The van der Waals surface area contributed by atoms with Gasteiger partial charge in [0.25, 0.3) is 0 Å². The highest BCUT2D eigenvalue weighted by atomic mass is 32.1. The Kier molecular flexibility index (Phi) is 3.31. The van der Waals surface area contributed by atoms with Crippen LogP contribution in [0, 0.1) is 0 Å². The molecule has 4 nitrogen and oxygen atoms in total. The van der Waals surface area contributed by atoms with Crippen molar-refractivity contribution in [3.8, 4) is 11.4 Å². The lowest BCUT2D eigenvalue weighted by atomic mass is 9.99. The molecule has 2 aliphatic heterocycles. The van der Waals surface area contributed by atoms with E-state index in [1.807, 2.05) is 6.07 Å². The molecule has 0 saturated carbocycles. The Bertz CT molecular complexity index is 865. The first-order valence-corrected chi connectivity index (χ1v) is 9.49. The van der Waals surface area contributed by atoms with Crippen LogP contribution in [0.3, 0.4) is 0 Å². The summed E-state index contributed by atoms with van der Waals surface area (Å²) >= 11 is 1.67. The Morgan fingerprint density at radius 1 is 1.04 bits per heavy atom. The van der Waals surface area contributed by atoms with Gasteiger partial charge >= 0.3 is 0 Å². The summed E-state index contributed by atoms with van der Waals surface area (Å²) in [4.78, 5) is 12.2. The molecule has 2 aliphatic rings. The van der Waals surface area contributed by atoms with Crippen molar-refractivity contribution >= 4 is 28.1 Å². The first-order chi connectivity index (χ1) is 11.8. The van der Waals surface area contributed by atoms with Gasteiger partial charge in [-0.15, -0.1) is 0 Å². The fraction of sp³-hybridized carbons (Fsp3) is 0.368. The molecule has 0 amide bonds. The number of aliphatic hydroxyl groups excluding tert-OH is 1. The van der Waals surface area contributed by atoms with E-state index < -0.39 is 0 Å². The molecule has 2 unspecified atom stereocenters. The van der Waals surface area contributed by atoms with Gasteiger partial charge in [0.2, 0.25) is 0 Å². The van der Waals surface area contributed by atoms with E-state index in [4.69, 9.17) is 9.97 Å². The number of fused-ring (bicyclic) bond motifs is 3. The number of piperidine rings is 1. The smallest absolute Gasteiger partial charge is 0.162 e. The van der Waals surface area contributed by atoms with Crippen molar-refractivity contribution in [2.45, 2.75) is 43.9 Å². The predicted molar refractivity (Wildman–Crippen MR) is 97.4 cm³/mol. The first kappa shape index (κ1) is 14.4. The highest BCUT2D eigenvalue weighted by Gasteiger charge is 2.41. The number of nitrogens with zero attached hydrogens (tertiary/aromatic N) is 3. The summed E-state index contributed by atoms with van der Waals surface area (Å²) < 4.78 is 0. The quantitative estimate of drug-likeness (QED) is 0.772. The summed E-state index contributed by atoms with van der Waals surface area (Å²) in [5, 5.41) is 15.4. The number of para-hydroxylation sites is 1. The van der Waals surface area contributed by atoms with Gasteiger partial charge in [0.15, 0.2) is 5.82 Å². The zero-order valence-corrected chi connectivity index (χ0v) is 14.1. The number of benzene rings is 1. The number of anilines is 1. The minimum absolute atomic E-state index is 0.164. The fourth-order valence-electron chi connectivity index (χ4n) is 4.27. The van der Waals surface area contributed by atoms with Gasteiger partial charge < -0.3 is 10.0 Å². The Morgan fingerprint density at radius 2 is 1.83 bits per heavy atom. The monoisotopic (exact) mass is 337 g/mol. The van der Waals surface area contributed by atoms with Crippen LogP contribution in [-0.2, 0) is 0 Å². The summed E-state index contributed by atoms with van der Waals surface area (Å²) in [6, 6.07) is 11.1. The second-order valence-corrected chi connectivity index (χ2v) is 7.60. The molecule has 24 heavy (non-hydrogen) atoms. The maximum atomic E-state index is 10.1. The van der Waals surface area contributed by atoms with Gasteiger partial charge in [0.1, 0.15) is 5.82 Å². The van der Waals surface area contributed by atoms with Crippen LogP contribution in [0.5, 0.6) is 0 Å². The van der Waals surface area contributed by atoms with Crippen LogP contribution in [0.15, 0.2) is 41.1 Å². The molecule has 1 aromatic carbocycles. The molecule has 2 fully saturated rings. The molecule has 5 heteroatoms. The average molecular weight is 337 g/mol. The third kappa shape index (κ3) is 2.23. The van der Waals surface area contributed by atoms with Crippen molar-refractivity contribution < 1.29 is 5.11 Å². The lowest BCUT2D eigenvalue weighted by molar-refractivity contribution is 0.126. The number of aliphatic hydroxyl groups is 1. The second-order valence-electron chi connectivity index (χ2n) is 6.82. The van der Waals surface area contributed by atoms with Crippen molar-refractivity contribution in [1.82, 2.24) is 9.97 Å². The maximum absolute atomic E-state index is 10.1. The molecule has 2 saturated heterocycles. The van der Waals surface area contributed by atoms with Gasteiger partial charge in [-0.25, -0.2) is 9.97 Å². The van der Waals surface area contributed by atoms with Gasteiger partial charge in [-0.2, -0.15) is 11.3 Å². The predicted octanol–water partition coefficient (Wildman–Crippen LogP) is 3.85. The van der Waals surface area contributed by atoms with E-state index in [0.717, 1.165) is 53.8 Å². The number of rotatable bonds is 2. The van der Waals surface area contributed by atoms with E-state index in [-0.39, 0.29) is 6.10 Å². The van der Waals surface area contributed by atoms with Crippen LogP contribution in [0.4, 0.5) is 5.82 Å². The minimum atomic E-state index is -0.164. The summed E-state index contributed by atoms with van der Waals surface area (Å²) in [6.07, 6.45) is 3.83. The van der Waals surface area contributed by atoms with Crippen LogP contribution in [0.2, 0.25) is 0 Å². The van der Waals surface area contributed by atoms with E-state index in [2.05, 4.69) is 39.9 Å². The maximum Gasteiger partial charge on any atom is 0.162 e. The van der Waals surface area contributed by atoms with Crippen molar-refractivity contribution in [3.63, 3.8) is 0 Å². The molecule has 1 N–H and O–H groups in total. The summed E-state index contributed by atoms with van der Waals surface area (Å²) in [5.41, 5.74) is 2.07. The van der Waals surface area contributed by atoms with Gasteiger partial charge in [0.05, 0.1) is 11.6 Å². The molecule has 5 rings (SSSR count). The molecule has 0 spiro atoms. The molecular formula is C19H19N3OS. The first-order valence-electron chi connectivity index (χ1n) is 8.55. The van der Waals surface area contributed by atoms with Crippen LogP contribution in [0.1, 0.15) is 25.7 Å². The van der Waals surface area contributed by atoms with Gasteiger partial charge in [-0.3, -0.25) is 0 Å². The summed E-state index contributed by atoms with van der Waals surface area (Å²) in [5.74, 6) is 1.84. The van der Waals surface area contributed by atoms with Crippen molar-refractivity contribution in [2.75, 3.05) is 4.90 Å². The molecule has 2 aromatic heterocycles. The number of hydrogen-bond donors (Lipinski definition) is 1. The standard InChI is InChI=1S/C19H19N3OS/c23-15-9-13-5-6-14(10-15)22(13)19-16-3-1-2-4-17(16)20-18(21-19)12-7-8-24-11-12/h1-4,7-8,11,13-15,23H,5-6,9-10H2. The number of hydrogen-bond acceptors (Lipinski definition) is 5. The Morgan fingerprint density at radius 3 is 2.58 bits per heavy atom. The third-order valence-corrected chi connectivity index (χ3v) is 6.00. The molecule has 2 bridgehead atoms. The van der Waals surface area contributed by atoms with E-state index >= 15 is 0 Å². The van der Waals surface area contributed by atoms with E-state index in [1.165, 1.54) is 0 Å². The molecule has 0 radical (unpaired) electrons. The zero-order valence-electron chi connectivity index (χ0n) is 13.3. The normalized spacial score (nSPS) is 26.2. The zero-order chi connectivity index (χ0) is 16.1. The lowest BCUT2D eigenvalue weighted by Crippen LogP contribution is -2.45. The Balaban J connectivity index is 1.70. The molecule has 122 valence electrons. The SMILES string of the molecule is OC1CC2CCC(C1)N2c1nc(-c2ccsc2)nc2ccccc12. The molecule has 3 aromatic rings. The average Bonchev–Trinajstić information content (AvgIpc) is 3.21. The van der Waals surface area contributed by atoms with Crippen LogP contribution in [-0.4, -0.2) is 33.3 Å². The third-order valence-electron chi connectivity index (χ3n) is 5.32. The highest BCUT2D eigenvalue weighted by Crippen LogP contribution is 2.41. The van der Waals surface area contributed by atoms with E-state index in [1.54, 1.807) is 11.3 Å². The lowest BCUT2D eigenvalue weighted by Gasteiger charge is -2.38. The van der Waals surface area contributed by atoms with Gasteiger partial charge in [-0.1, -0.05) is 12.1 Å². The second kappa shape index (κ2) is 5.53. The largest absolute Gasteiger partial charge is 0.393 e. The van der Waals surface area contributed by atoms with Crippen LogP contribution in [0.25, 0.3) is 22.3 Å². The van der Waals surface area contributed by atoms with Gasteiger partial charge in [-0.05, 0) is 49.3 Å². The molecule has 0 aliphatic carbocycles. The van der Waals surface area contributed by atoms with Crippen molar-refractivity contribution in [1.29, 1.82) is 0 Å².